The van der Waals surface area contributed by atoms with E-state index in [9.17, 15) is 9.18 Å². The molecule has 0 saturated heterocycles. The third-order valence-electron chi connectivity index (χ3n) is 3.14. The summed E-state index contributed by atoms with van der Waals surface area (Å²) in [7, 11) is 1.30. The fraction of sp³-hybridized carbons (Fsp3) is 0.0625. The molecule has 2 aromatic heterocycles. The number of pyridine rings is 2. The minimum atomic E-state index is -0.497. The van der Waals surface area contributed by atoms with Crippen molar-refractivity contribution in [2.45, 2.75) is 0 Å². The molecule has 0 saturated carbocycles. The zero-order valence-electron chi connectivity index (χ0n) is 11.7. The second-order valence-electron chi connectivity index (χ2n) is 4.57. The maximum atomic E-state index is 13.4. The van der Waals surface area contributed by atoms with Gasteiger partial charge in [-0.1, -0.05) is 0 Å². The Kier molecular flexibility index (Phi) is 3.65. The van der Waals surface area contributed by atoms with Crippen molar-refractivity contribution in [1.82, 2.24) is 9.97 Å². The average molecular weight is 297 g/mol. The van der Waals surface area contributed by atoms with Crippen LogP contribution in [0.1, 0.15) is 10.5 Å². The van der Waals surface area contributed by atoms with E-state index >= 15 is 0 Å². The maximum absolute atomic E-state index is 13.4. The van der Waals surface area contributed by atoms with Crippen molar-refractivity contribution in [2.24, 2.45) is 0 Å². The molecule has 0 unspecified atom stereocenters. The summed E-state index contributed by atoms with van der Waals surface area (Å²) in [5, 5.41) is 3.80. The minimum Gasteiger partial charge on any atom is -0.464 e. The molecule has 6 heteroatoms. The number of nitrogens with one attached hydrogen (secondary N) is 1. The van der Waals surface area contributed by atoms with E-state index in [0.717, 1.165) is 0 Å². The molecule has 0 atom stereocenters. The van der Waals surface area contributed by atoms with E-state index in [2.05, 4.69) is 20.0 Å². The lowest BCUT2D eigenvalue weighted by Gasteiger charge is -2.09. The second kappa shape index (κ2) is 5.77. The van der Waals surface area contributed by atoms with Crippen LogP contribution in [0.4, 0.5) is 15.8 Å². The Labute approximate surface area is 125 Å². The van der Waals surface area contributed by atoms with Crippen LogP contribution in [0.5, 0.6) is 0 Å². The molecule has 0 aliphatic carbocycles. The molecule has 0 aliphatic heterocycles. The van der Waals surface area contributed by atoms with Gasteiger partial charge >= 0.3 is 5.97 Å². The Hall–Kier alpha value is -3.02. The molecular formula is C16H12FN3O2. The highest BCUT2D eigenvalue weighted by atomic mass is 19.1. The second-order valence-corrected chi connectivity index (χ2v) is 4.57. The number of nitrogens with zero attached hydrogens (tertiary/aromatic N) is 2. The zero-order valence-corrected chi connectivity index (χ0v) is 11.7. The van der Waals surface area contributed by atoms with E-state index in [4.69, 9.17) is 0 Å². The average Bonchev–Trinajstić information content (AvgIpc) is 2.55. The summed E-state index contributed by atoms with van der Waals surface area (Å²) in [6.45, 7) is 0. The van der Waals surface area contributed by atoms with Gasteiger partial charge < -0.3 is 10.1 Å². The van der Waals surface area contributed by atoms with Gasteiger partial charge in [0.2, 0.25) is 0 Å². The third kappa shape index (κ3) is 2.71. The van der Waals surface area contributed by atoms with E-state index < -0.39 is 5.97 Å². The molecule has 3 rings (SSSR count). The normalized spacial score (nSPS) is 10.5. The number of benzene rings is 1. The number of ether oxygens (including phenoxy) is 1. The van der Waals surface area contributed by atoms with Crippen LogP contribution in [0, 0.1) is 5.82 Å². The molecule has 110 valence electrons. The molecule has 0 radical (unpaired) electrons. The first-order valence-electron chi connectivity index (χ1n) is 6.53. The topological polar surface area (TPSA) is 64.1 Å². The highest BCUT2D eigenvalue weighted by Crippen LogP contribution is 2.25. The summed E-state index contributed by atoms with van der Waals surface area (Å²) in [6.07, 6.45) is 3.15. The summed E-state index contributed by atoms with van der Waals surface area (Å²) in [6, 6.07) is 9.40. The molecule has 22 heavy (non-hydrogen) atoms. The van der Waals surface area contributed by atoms with Crippen LogP contribution >= 0.6 is 0 Å². The van der Waals surface area contributed by atoms with Crippen LogP contribution in [0.25, 0.3) is 10.9 Å². The predicted octanol–water partition coefficient (Wildman–Crippen LogP) is 3.30. The van der Waals surface area contributed by atoms with Crippen molar-refractivity contribution >= 4 is 28.2 Å². The Morgan fingerprint density at radius 1 is 1.18 bits per heavy atom. The van der Waals surface area contributed by atoms with Crippen molar-refractivity contribution < 1.29 is 13.9 Å². The lowest BCUT2D eigenvalue weighted by Crippen LogP contribution is -2.04. The van der Waals surface area contributed by atoms with Gasteiger partial charge in [0.05, 0.1) is 24.5 Å². The van der Waals surface area contributed by atoms with Crippen molar-refractivity contribution in [1.29, 1.82) is 0 Å². The number of fused-ring (bicyclic) bond motifs is 1. The van der Waals surface area contributed by atoms with Gasteiger partial charge in [-0.3, -0.25) is 4.98 Å². The third-order valence-corrected chi connectivity index (χ3v) is 3.14. The van der Waals surface area contributed by atoms with Gasteiger partial charge in [0, 0.05) is 17.3 Å². The lowest BCUT2D eigenvalue weighted by atomic mass is 10.2. The number of rotatable bonds is 3. The van der Waals surface area contributed by atoms with Gasteiger partial charge in [0.25, 0.3) is 0 Å². The van der Waals surface area contributed by atoms with Crippen LogP contribution in [0.2, 0.25) is 0 Å². The first-order valence-corrected chi connectivity index (χ1v) is 6.53. The summed E-state index contributed by atoms with van der Waals surface area (Å²) in [5.74, 6) is -0.828. The van der Waals surface area contributed by atoms with Crippen LogP contribution < -0.4 is 5.32 Å². The van der Waals surface area contributed by atoms with E-state index in [1.807, 2.05) is 0 Å². The van der Waals surface area contributed by atoms with E-state index in [-0.39, 0.29) is 11.5 Å². The maximum Gasteiger partial charge on any atom is 0.356 e. The molecule has 0 spiro atoms. The van der Waals surface area contributed by atoms with Crippen LogP contribution in [0.3, 0.4) is 0 Å². The molecular weight excluding hydrogens is 285 g/mol. The summed E-state index contributed by atoms with van der Waals surface area (Å²) in [5.41, 5.74) is 2.28. The monoisotopic (exact) mass is 297 g/mol. The number of esters is 1. The quantitative estimate of drug-likeness (QED) is 0.751. The van der Waals surface area contributed by atoms with Gasteiger partial charge in [0.15, 0.2) is 0 Å². The zero-order chi connectivity index (χ0) is 15.5. The number of hydrogen-bond donors (Lipinski definition) is 1. The van der Waals surface area contributed by atoms with E-state index in [1.165, 1.54) is 25.4 Å². The minimum absolute atomic E-state index is 0.221. The van der Waals surface area contributed by atoms with Gasteiger partial charge in [-0.05, 0) is 36.4 Å². The Morgan fingerprint density at radius 2 is 2.05 bits per heavy atom. The number of methoxy groups -OCH3 is 1. The van der Waals surface area contributed by atoms with Crippen molar-refractivity contribution in [2.75, 3.05) is 12.4 Å². The molecule has 0 aliphatic rings. The van der Waals surface area contributed by atoms with Gasteiger partial charge in [-0.2, -0.15) is 0 Å². The van der Waals surface area contributed by atoms with Gasteiger partial charge in [0.1, 0.15) is 11.5 Å². The van der Waals surface area contributed by atoms with Crippen LogP contribution in [-0.2, 0) is 4.74 Å². The van der Waals surface area contributed by atoms with Gasteiger partial charge in [-0.25, -0.2) is 14.2 Å². The SMILES string of the molecule is COC(=O)c1ccc(Nc2ccnc3ccc(F)cc23)cn1. The molecule has 0 bridgehead atoms. The Bertz CT molecular complexity index is 834. The molecule has 2 heterocycles. The summed E-state index contributed by atoms with van der Waals surface area (Å²) < 4.78 is 18.0. The van der Waals surface area contributed by atoms with Crippen molar-refractivity contribution in [3.05, 3.63) is 60.3 Å². The van der Waals surface area contributed by atoms with E-state index in [1.54, 1.807) is 30.5 Å². The standard InChI is InChI=1S/C16H12FN3O2/c1-22-16(21)15-5-3-11(9-19-15)20-14-6-7-18-13-4-2-10(17)8-12(13)14/h2-9H,1H3,(H,18,20). The fourth-order valence-corrected chi connectivity index (χ4v) is 2.08. The van der Waals surface area contributed by atoms with Gasteiger partial charge in [-0.15, -0.1) is 0 Å². The number of anilines is 2. The van der Waals surface area contributed by atoms with Crippen LogP contribution in [0.15, 0.2) is 48.8 Å². The lowest BCUT2D eigenvalue weighted by molar-refractivity contribution is 0.0594. The molecule has 3 aromatic rings. The molecule has 0 fully saturated rings. The number of carbonyl (C=O) groups is 1. The summed E-state index contributed by atoms with van der Waals surface area (Å²) >= 11 is 0. The number of carbonyl (C=O) groups excluding carboxylic acids is 1. The first kappa shape index (κ1) is 13.9. The number of aromatic nitrogens is 2. The van der Waals surface area contributed by atoms with E-state index in [0.29, 0.717) is 22.3 Å². The highest BCUT2D eigenvalue weighted by molar-refractivity contribution is 5.93. The molecule has 1 N–H and O–H groups in total. The number of hydrogen-bond acceptors (Lipinski definition) is 5. The largest absolute Gasteiger partial charge is 0.464 e. The highest BCUT2D eigenvalue weighted by Gasteiger charge is 2.08. The van der Waals surface area contributed by atoms with Crippen molar-refractivity contribution in [3.63, 3.8) is 0 Å². The molecule has 0 amide bonds. The number of halogens is 1. The van der Waals surface area contributed by atoms with Crippen molar-refractivity contribution in [3.8, 4) is 0 Å². The smallest absolute Gasteiger partial charge is 0.356 e. The Morgan fingerprint density at radius 3 is 2.77 bits per heavy atom. The predicted molar refractivity (Wildman–Crippen MR) is 80.6 cm³/mol. The summed E-state index contributed by atoms with van der Waals surface area (Å²) in [4.78, 5) is 19.5. The Balaban J connectivity index is 1.93. The molecule has 1 aromatic carbocycles. The first-order chi connectivity index (χ1) is 10.7. The molecule has 5 nitrogen and oxygen atoms in total. The fourth-order valence-electron chi connectivity index (χ4n) is 2.08. The van der Waals surface area contributed by atoms with Crippen LogP contribution in [-0.4, -0.2) is 23.0 Å².